The number of hydrogen-bond donors (Lipinski definition) is 0. The number of hydrogen-bond acceptors (Lipinski definition) is 4. The van der Waals surface area contributed by atoms with E-state index in [4.69, 9.17) is 9.47 Å². The van der Waals surface area contributed by atoms with E-state index in [2.05, 4.69) is 0 Å². The van der Waals surface area contributed by atoms with E-state index in [0.29, 0.717) is 38.0 Å². The molecule has 25 heavy (non-hydrogen) atoms. The van der Waals surface area contributed by atoms with Gasteiger partial charge in [-0.1, -0.05) is 12.1 Å². The topological polar surface area (TPSA) is 55.8 Å². The van der Waals surface area contributed by atoms with Crippen LogP contribution >= 0.6 is 0 Å². The van der Waals surface area contributed by atoms with Crippen LogP contribution in [0.4, 0.5) is 5.69 Å². The summed E-state index contributed by atoms with van der Waals surface area (Å²) in [7, 11) is 1.59. The van der Waals surface area contributed by atoms with Gasteiger partial charge in [-0.15, -0.1) is 0 Å². The Morgan fingerprint density at radius 2 is 1.84 bits per heavy atom. The van der Waals surface area contributed by atoms with E-state index in [1.807, 2.05) is 24.3 Å². The van der Waals surface area contributed by atoms with Crippen molar-refractivity contribution in [3.05, 3.63) is 54.1 Å². The number of amides is 1. The second kappa shape index (κ2) is 7.83. The van der Waals surface area contributed by atoms with Crippen LogP contribution in [0.25, 0.3) is 0 Å². The normalized spacial score (nSPS) is 12.9. The van der Waals surface area contributed by atoms with Crippen molar-refractivity contribution in [3.63, 3.8) is 0 Å². The molecular formula is C20H21NO4. The molecule has 3 rings (SSSR count). The zero-order valence-electron chi connectivity index (χ0n) is 14.2. The first kappa shape index (κ1) is 17.0. The highest BCUT2D eigenvalue weighted by Crippen LogP contribution is 2.31. The number of rotatable bonds is 6. The van der Waals surface area contributed by atoms with Gasteiger partial charge in [0.1, 0.15) is 18.1 Å². The summed E-state index contributed by atoms with van der Waals surface area (Å²) >= 11 is 0. The maximum Gasteiger partial charge on any atom is 0.227 e. The van der Waals surface area contributed by atoms with Gasteiger partial charge in [0, 0.05) is 18.4 Å². The molecule has 0 bridgehead atoms. The number of ketones is 1. The minimum atomic E-state index is 0.0262. The Morgan fingerprint density at radius 3 is 2.60 bits per heavy atom. The molecule has 1 aliphatic heterocycles. The highest BCUT2D eigenvalue weighted by molar-refractivity contribution is 5.98. The zero-order valence-corrected chi connectivity index (χ0v) is 14.2. The fourth-order valence-corrected chi connectivity index (χ4v) is 2.88. The van der Waals surface area contributed by atoms with E-state index in [-0.39, 0.29) is 11.7 Å². The van der Waals surface area contributed by atoms with E-state index < -0.39 is 0 Å². The monoisotopic (exact) mass is 339 g/mol. The van der Waals surface area contributed by atoms with Crippen molar-refractivity contribution in [1.29, 1.82) is 0 Å². The van der Waals surface area contributed by atoms with Crippen molar-refractivity contribution < 1.29 is 19.1 Å². The van der Waals surface area contributed by atoms with Gasteiger partial charge in [0.25, 0.3) is 0 Å². The van der Waals surface area contributed by atoms with Gasteiger partial charge in [0.05, 0.1) is 19.3 Å². The third kappa shape index (κ3) is 3.99. The van der Waals surface area contributed by atoms with Gasteiger partial charge < -0.3 is 14.4 Å². The largest absolute Gasteiger partial charge is 0.497 e. The van der Waals surface area contributed by atoms with Crippen LogP contribution in [-0.4, -0.2) is 32.0 Å². The van der Waals surface area contributed by atoms with Crippen LogP contribution in [0.1, 0.15) is 29.6 Å². The number of anilines is 1. The molecule has 5 heteroatoms. The third-order valence-electron chi connectivity index (χ3n) is 4.24. The molecule has 0 aromatic heterocycles. The zero-order chi connectivity index (χ0) is 17.6. The molecule has 0 fully saturated rings. The van der Waals surface area contributed by atoms with Crippen molar-refractivity contribution in [2.75, 3.05) is 25.2 Å². The predicted molar refractivity (Wildman–Crippen MR) is 95.5 cm³/mol. The lowest BCUT2D eigenvalue weighted by molar-refractivity contribution is -0.118. The SMILES string of the molecule is COc1ccc(C(=O)CCCC(=O)N2CCOc3ccccc32)cc1. The number of fused-ring (bicyclic) bond motifs is 1. The summed E-state index contributed by atoms with van der Waals surface area (Å²) in [5.74, 6) is 1.52. The van der Waals surface area contributed by atoms with E-state index in [1.165, 1.54) is 0 Å². The van der Waals surface area contributed by atoms with Crippen molar-refractivity contribution in [3.8, 4) is 11.5 Å². The average molecular weight is 339 g/mol. The smallest absolute Gasteiger partial charge is 0.227 e. The Labute approximate surface area is 147 Å². The van der Waals surface area contributed by atoms with Crippen LogP contribution in [-0.2, 0) is 4.79 Å². The van der Waals surface area contributed by atoms with Crippen LogP contribution in [0.5, 0.6) is 11.5 Å². The molecule has 2 aromatic carbocycles. The molecule has 0 unspecified atom stereocenters. The molecule has 0 spiro atoms. The fourth-order valence-electron chi connectivity index (χ4n) is 2.88. The number of carbonyl (C=O) groups is 2. The highest BCUT2D eigenvalue weighted by atomic mass is 16.5. The third-order valence-corrected chi connectivity index (χ3v) is 4.24. The van der Waals surface area contributed by atoms with Crippen molar-refractivity contribution in [2.45, 2.75) is 19.3 Å². The van der Waals surface area contributed by atoms with Crippen LogP contribution in [0.3, 0.4) is 0 Å². The lowest BCUT2D eigenvalue weighted by atomic mass is 10.0. The van der Waals surface area contributed by atoms with Crippen molar-refractivity contribution in [2.24, 2.45) is 0 Å². The van der Waals surface area contributed by atoms with E-state index in [9.17, 15) is 9.59 Å². The van der Waals surface area contributed by atoms with Crippen LogP contribution in [0, 0.1) is 0 Å². The standard InChI is InChI=1S/C20H21NO4/c1-24-16-11-9-15(10-12-16)18(22)6-4-8-20(23)21-13-14-25-19-7-3-2-5-17(19)21/h2-3,5,7,9-12H,4,6,8,13-14H2,1H3. The summed E-state index contributed by atoms with van der Waals surface area (Å²) in [6, 6.07) is 14.6. The molecular weight excluding hydrogens is 318 g/mol. The summed E-state index contributed by atoms with van der Waals surface area (Å²) in [5.41, 5.74) is 1.45. The first-order valence-corrected chi connectivity index (χ1v) is 8.38. The Balaban J connectivity index is 1.53. The predicted octanol–water partition coefficient (Wildman–Crippen LogP) is 3.47. The maximum atomic E-state index is 12.5. The Morgan fingerprint density at radius 1 is 1.08 bits per heavy atom. The van der Waals surface area contributed by atoms with Crippen molar-refractivity contribution >= 4 is 17.4 Å². The number of ether oxygens (including phenoxy) is 2. The first-order chi connectivity index (χ1) is 12.2. The number of para-hydroxylation sites is 2. The van der Waals surface area contributed by atoms with Crippen LogP contribution in [0.2, 0.25) is 0 Å². The number of nitrogens with zero attached hydrogens (tertiary/aromatic N) is 1. The lowest BCUT2D eigenvalue weighted by Crippen LogP contribution is -2.37. The average Bonchev–Trinajstić information content (AvgIpc) is 2.67. The highest BCUT2D eigenvalue weighted by Gasteiger charge is 2.23. The summed E-state index contributed by atoms with van der Waals surface area (Å²) in [6.45, 7) is 1.04. The molecule has 0 saturated carbocycles. The molecule has 1 aliphatic rings. The maximum absolute atomic E-state index is 12.5. The van der Waals surface area contributed by atoms with Crippen molar-refractivity contribution in [1.82, 2.24) is 0 Å². The molecule has 130 valence electrons. The van der Waals surface area contributed by atoms with Crippen LogP contribution < -0.4 is 14.4 Å². The Bertz CT molecular complexity index is 755. The fraction of sp³-hybridized carbons (Fsp3) is 0.300. The molecule has 0 saturated heterocycles. The van der Waals surface area contributed by atoms with Gasteiger partial charge in [0.15, 0.2) is 5.78 Å². The van der Waals surface area contributed by atoms with E-state index in [1.54, 1.807) is 36.3 Å². The summed E-state index contributed by atoms with van der Waals surface area (Å²) in [6.07, 6.45) is 1.23. The minimum absolute atomic E-state index is 0.0262. The summed E-state index contributed by atoms with van der Waals surface area (Å²) < 4.78 is 10.7. The Kier molecular flexibility index (Phi) is 5.33. The van der Waals surface area contributed by atoms with Gasteiger partial charge in [-0.25, -0.2) is 0 Å². The minimum Gasteiger partial charge on any atom is -0.497 e. The summed E-state index contributed by atoms with van der Waals surface area (Å²) in [4.78, 5) is 26.5. The summed E-state index contributed by atoms with van der Waals surface area (Å²) in [5, 5.41) is 0. The van der Waals surface area contributed by atoms with Crippen LogP contribution in [0.15, 0.2) is 48.5 Å². The molecule has 0 aliphatic carbocycles. The molecule has 1 heterocycles. The molecule has 0 radical (unpaired) electrons. The molecule has 0 atom stereocenters. The van der Waals surface area contributed by atoms with Gasteiger partial charge in [-0.05, 0) is 42.8 Å². The number of carbonyl (C=O) groups excluding carboxylic acids is 2. The number of methoxy groups -OCH3 is 1. The second-order valence-corrected chi connectivity index (χ2v) is 5.87. The Hall–Kier alpha value is -2.82. The van der Waals surface area contributed by atoms with Gasteiger partial charge >= 0.3 is 0 Å². The second-order valence-electron chi connectivity index (χ2n) is 5.87. The van der Waals surface area contributed by atoms with E-state index >= 15 is 0 Å². The number of benzene rings is 2. The van der Waals surface area contributed by atoms with Gasteiger partial charge in [-0.2, -0.15) is 0 Å². The van der Waals surface area contributed by atoms with Gasteiger partial charge in [0.2, 0.25) is 5.91 Å². The molecule has 5 nitrogen and oxygen atoms in total. The lowest BCUT2D eigenvalue weighted by Gasteiger charge is -2.29. The number of Topliss-reactive ketones (excluding diaryl/α,β-unsaturated/α-hetero) is 1. The quantitative estimate of drug-likeness (QED) is 0.756. The first-order valence-electron chi connectivity index (χ1n) is 8.38. The molecule has 1 amide bonds. The van der Waals surface area contributed by atoms with Gasteiger partial charge in [-0.3, -0.25) is 9.59 Å². The molecule has 0 N–H and O–H groups in total. The van der Waals surface area contributed by atoms with E-state index in [0.717, 1.165) is 17.2 Å². The molecule has 2 aromatic rings.